The number of hydrogen-bond donors (Lipinski definition) is 4. The molecule has 0 saturated carbocycles. The fourth-order valence-corrected chi connectivity index (χ4v) is 4.52. The number of thiophene rings is 1. The summed E-state index contributed by atoms with van der Waals surface area (Å²) in [7, 11) is 0. The molecule has 2 aromatic heterocycles. The van der Waals surface area contributed by atoms with Crippen molar-refractivity contribution in [2.45, 2.75) is 32.9 Å². The van der Waals surface area contributed by atoms with Gasteiger partial charge in [0.25, 0.3) is 5.91 Å². The summed E-state index contributed by atoms with van der Waals surface area (Å²) in [5.41, 5.74) is 4.42. The highest BCUT2D eigenvalue weighted by atomic mass is 32.1. The lowest BCUT2D eigenvalue weighted by molar-refractivity contribution is -0.138. The first kappa shape index (κ1) is 26.2. The van der Waals surface area contributed by atoms with Crippen LogP contribution in [0.4, 0.5) is 19.6 Å². The number of rotatable bonds is 10. The van der Waals surface area contributed by atoms with E-state index in [4.69, 9.17) is 10.8 Å². The van der Waals surface area contributed by atoms with Crippen molar-refractivity contribution in [1.82, 2.24) is 9.88 Å². The average molecular weight is 505 g/mol. The predicted octanol–water partition coefficient (Wildman–Crippen LogP) is 4.06. The van der Waals surface area contributed by atoms with Crippen molar-refractivity contribution in [1.29, 1.82) is 0 Å². The van der Waals surface area contributed by atoms with Crippen molar-refractivity contribution in [3.05, 3.63) is 64.9 Å². The van der Waals surface area contributed by atoms with Crippen LogP contribution in [0.2, 0.25) is 0 Å². The highest BCUT2D eigenvalue weighted by Crippen LogP contribution is 2.40. The summed E-state index contributed by atoms with van der Waals surface area (Å²) in [6.07, 6.45) is 0. The monoisotopic (exact) mass is 504 g/mol. The van der Waals surface area contributed by atoms with Gasteiger partial charge in [-0.3, -0.25) is 14.5 Å². The van der Waals surface area contributed by atoms with Gasteiger partial charge in [0.15, 0.2) is 0 Å². The Bertz CT molecular complexity index is 1230. The van der Waals surface area contributed by atoms with Crippen LogP contribution in [0.25, 0.3) is 10.4 Å². The van der Waals surface area contributed by atoms with E-state index in [2.05, 4.69) is 10.3 Å². The third kappa shape index (κ3) is 6.38. The molecule has 0 radical (unpaired) electrons. The molecule has 2 heterocycles. The Morgan fingerprint density at radius 3 is 2.40 bits per heavy atom. The second-order valence-corrected chi connectivity index (χ2v) is 9.48. The number of carbonyl (C=O) groups is 2. The predicted molar refractivity (Wildman–Crippen MR) is 130 cm³/mol. The smallest absolute Gasteiger partial charge is 0.317 e. The van der Waals surface area contributed by atoms with Crippen molar-refractivity contribution in [2.75, 3.05) is 18.4 Å². The Balaban J connectivity index is 1.94. The van der Waals surface area contributed by atoms with Gasteiger partial charge < -0.3 is 21.3 Å². The molecule has 1 aromatic carbocycles. The maximum Gasteiger partial charge on any atom is 0.317 e. The number of nitrogens with two attached hydrogens (primary N) is 1. The zero-order chi connectivity index (χ0) is 25.9. The van der Waals surface area contributed by atoms with E-state index in [9.17, 15) is 23.5 Å². The van der Waals surface area contributed by atoms with Crippen LogP contribution in [0, 0.1) is 11.6 Å². The Hall–Kier alpha value is -3.41. The Morgan fingerprint density at radius 1 is 1.20 bits per heavy atom. The second-order valence-electron chi connectivity index (χ2n) is 8.43. The maximum absolute atomic E-state index is 14.9. The lowest BCUT2D eigenvalue weighted by Gasteiger charge is -2.18. The third-order valence-corrected chi connectivity index (χ3v) is 6.30. The Kier molecular flexibility index (Phi) is 7.83. The van der Waals surface area contributed by atoms with Crippen LogP contribution in [-0.4, -0.2) is 45.1 Å². The van der Waals surface area contributed by atoms with Crippen molar-refractivity contribution in [3.8, 4) is 10.4 Å². The molecule has 0 unspecified atom stereocenters. The van der Waals surface area contributed by atoms with Crippen LogP contribution < -0.4 is 11.1 Å². The minimum Gasteiger partial charge on any atom is -0.480 e. The van der Waals surface area contributed by atoms with E-state index in [-0.39, 0.29) is 33.1 Å². The van der Waals surface area contributed by atoms with Gasteiger partial charge in [0, 0.05) is 11.4 Å². The number of carbonyl (C=O) groups excluding carboxylic acids is 1. The molecule has 0 spiro atoms. The van der Waals surface area contributed by atoms with Gasteiger partial charge in [-0.2, -0.15) is 0 Å². The first-order valence-corrected chi connectivity index (χ1v) is 11.5. The molecular formula is C24H26F2N4O4S. The minimum atomic E-state index is -1.44. The summed E-state index contributed by atoms with van der Waals surface area (Å²) in [4.78, 5) is 29.3. The number of nitrogens with zero attached hydrogens (tertiary/aromatic N) is 2. The van der Waals surface area contributed by atoms with Crippen LogP contribution in [0.5, 0.6) is 0 Å². The number of likely N-dealkylation sites (N-methyl/N-ethyl adjacent to an activating group) is 1. The summed E-state index contributed by atoms with van der Waals surface area (Å²) in [5.74, 6) is -3.16. The molecule has 8 nitrogen and oxygen atoms in total. The standard InChI is InChI=1S/C24H26F2N4O4S/c1-4-30(12-20(31)32)11-14-6-5-7-19(28-14)29-23-15(22(27)33)10-18(35-23)21-16(25)8-13(9-17(21)26)24(2,3)34/h5-10,34H,4,11-12H2,1-3H3,(H2,27,33)(H,28,29)(H,31,32). The lowest BCUT2D eigenvalue weighted by atomic mass is 9.96. The van der Waals surface area contributed by atoms with E-state index in [0.717, 1.165) is 23.5 Å². The number of halogens is 2. The molecule has 11 heteroatoms. The van der Waals surface area contributed by atoms with Crippen molar-refractivity contribution >= 4 is 34.0 Å². The first-order valence-electron chi connectivity index (χ1n) is 10.7. The summed E-state index contributed by atoms with van der Waals surface area (Å²) in [6.45, 7) is 5.34. The van der Waals surface area contributed by atoms with E-state index in [1.165, 1.54) is 19.9 Å². The van der Waals surface area contributed by atoms with Gasteiger partial charge in [0.05, 0.1) is 29.0 Å². The number of aliphatic hydroxyl groups is 1. The van der Waals surface area contributed by atoms with Crippen molar-refractivity contribution in [3.63, 3.8) is 0 Å². The second kappa shape index (κ2) is 10.5. The molecule has 0 aliphatic carbocycles. The van der Waals surface area contributed by atoms with Crippen LogP contribution >= 0.6 is 11.3 Å². The molecule has 0 fully saturated rings. The topological polar surface area (TPSA) is 129 Å². The first-order chi connectivity index (χ1) is 16.4. The number of carboxylic acids is 1. The van der Waals surface area contributed by atoms with Gasteiger partial charge in [-0.1, -0.05) is 13.0 Å². The van der Waals surface area contributed by atoms with E-state index < -0.39 is 29.1 Å². The molecule has 3 aromatic rings. The molecule has 1 amide bonds. The number of nitrogens with one attached hydrogen (secondary N) is 1. The number of primary amides is 1. The normalized spacial score (nSPS) is 11.6. The Morgan fingerprint density at radius 2 is 1.86 bits per heavy atom. The molecule has 0 atom stereocenters. The van der Waals surface area contributed by atoms with Gasteiger partial charge in [-0.15, -0.1) is 11.3 Å². The quantitative estimate of drug-likeness (QED) is 0.328. The molecule has 3 rings (SSSR count). The average Bonchev–Trinajstić information content (AvgIpc) is 3.15. The maximum atomic E-state index is 14.9. The van der Waals surface area contributed by atoms with E-state index in [1.54, 1.807) is 23.1 Å². The number of aromatic nitrogens is 1. The number of anilines is 2. The highest BCUT2D eigenvalue weighted by molar-refractivity contribution is 7.20. The summed E-state index contributed by atoms with van der Waals surface area (Å²) >= 11 is 0.928. The van der Waals surface area contributed by atoms with Gasteiger partial charge in [0.2, 0.25) is 0 Å². The summed E-state index contributed by atoms with van der Waals surface area (Å²) in [6, 6.07) is 8.50. The number of pyridine rings is 1. The van der Waals surface area contributed by atoms with Crippen molar-refractivity contribution in [2.24, 2.45) is 5.73 Å². The molecular weight excluding hydrogens is 478 g/mol. The summed E-state index contributed by atoms with van der Waals surface area (Å²) in [5, 5.41) is 22.3. The number of aliphatic carboxylic acids is 1. The van der Waals surface area contributed by atoms with Gasteiger partial charge in [0.1, 0.15) is 22.5 Å². The van der Waals surface area contributed by atoms with Crippen molar-refractivity contribution < 1.29 is 28.6 Å². The molecule has 0 aliphatic heterocycles. The number of amides is 1. The van der Waals surface area contributed by atoms with Gasteiger partial charge in [-0.05, 0) is 56.3 Å². The van der Waals surface area contributed by atoms with E-state index in [0.29, 0.717) is 24.6 Å². The highest BCUT2D eigenvalue weighted by Gasteiger charge is 2.24. The SMILES string of the molecule is CCN(CC(=O)O)Cc1cccc(Nc2sc(-c3c(F)cc(C(C)(C)O)cc3F)cc2C(N)=O)n1. The van der Waals surface area contributed by atoms with Gasteiger partial charge >= 0.3 is 5.97 Å². The number of benzene rings is 1. The lowest BCUT2D eigenvalue weighted by Crippen LogP contribution is -2.29. The summed E-state index contributed by atoms with van der Waals surface area (Å²) < 4.78 is 29.7. The molecule has 5 N–H and O–H groups in total. The van der Waals surface area contributed by atoms with Crippen LogP contribution in [0.3, 0.4) is 0 Å². The van der Waals surface area contributed by atoms with E-state index >= 15 is 0 Å². The fourth-order valence-electron chi connectivity index (χ4n) is 3.41. The fraction of sp³-hybridized carbons (Fsp3) is 0.292. The number of hydrogen-bond acceptors (Lipinski definition) is 7. The molecule has 0 saturated heterocycles. The largest absolute Gasteiger partial charge is 0.480 e. The Labute approximate surface area is 205 Å². The van der Waals surface area contributed by atoms with Crippen LogP contribution in [0.15, 0.2) is 36.4 Å². The van der Waals surface area contributed by atoms with Crippen LogP contribution in [0.1, 0.15) is 42.4 Å². The van der Waals surface area contributed by atoms with Gasteiger partial charge in [-0.25, -0.2) is 13.8 Å². The molecule has 186 valence electrons. The van der Waals surface area contributed by atoms with Crippen LogP contribution in [-0.2, 0) is 16.9 Å². The molecule has 0 aliphatic rings. The third-order valence-electron chi connectivity index (χ3n) is 5.23. The minimum absolute atomic E-state index is 0.0311. The zero-order valence-electron chi connectivity index (χ0n) is 19.4. The molecule has 35 heavy (non-hydrogen) atoms. The molecule has 0 bridgehead atoms. The zero-order valence-corrected chi connectivity index (χ0v) is 20.2. The number of carboxylic acid groups (broad SMARTS) is 1. The van der Waals surface area contributed by atoms with E-state index in [1.807, 2.05) is 6.92 Å².